The average Bonchev–Trinajstić information content (AvgIpc) is 3.07. The second kappa shape index (κ2) is 10.0. The number of alkyl halides is 3. The molecule has 0 N–H and O–H groups in total. The van der Waals surface area contributed by atoms with E-state index in [2.05, 4.69) is 4.99 Å². The molecule has 0 radical (unpaired) electrons. The summed E-state index contributed by atoms with van der Waals surface area (Å²) in [5, 5.41) is 0. The Hall–Kier alpha value is -4.21. The molecule has 1 fully saturated rings. The molecule has 0 spiro atoms. The van der Waals surface area contributed by atoms with Gasteiger partial charge in [-0.1, -0.05) is 30.3 Å². The first-order chi connectivity index (χ1) is 17.8. The van der Waals surface area contributed by atoms with Gasteiger partial charge >= 0.3 is 12.3 Å². The summed E-state index contributed by atoms with van der Waals surface area (Å²) in [5.74, 6) is 1.67. The molecule has 2 aliphatic heterocycles. The Labute approximate surface area is 211 Å². The first kappa shape index (κ1) is 24.5. The number of piperazine rings is 1. The number of amides is 1. The fourth-order valence-electron chi connectivity index (χ4n) is 4.21. The number of benzene rings is 3. The lowest BCUT2D eigenvalue weighted by Gasteiger charge is -2.36. The maximum absolute atomic E-state index is 13.4. The van der Waals surface area contributed by atoms with Crippen molar-refractivity contribution in [3.05, 3.63) is 83.4 Å². The Morgan fingerprint density at radius 3 is 2.41 bits per heavy atom. The zero-order chi connectivity index (χ0) is 26.0. The Morgan fingerprint density at radius 1 is 0.973 bits per heavy atom. The molecule has 3 aromatic rings. The van der Waals surface area contributed by atoms with E-state index >= 15 is 0 Å². The summed E-state index contributed by atoms with van der Waals surface area (Å²) < 4.78 is 57.0. The summed E-state index contributed by atoms with van der Waals surface area (Å²) in [6, 6.07) is 17.8. The molecule has 0 aliphatic carbocycles. The first-order valence-electron chi connectivity index (χ1n) is 11.7. The van der Waals surface area contributed by atoms with E-state index in [1.165, 1.54) is 13.2 Å². The summed E-state index contributed by atoms with van der Waals surface area (Å²) in [5.41, 5.74) is 0.742. The molecule has 0 aromatic heterocycles. The maximum Gasteiger partial charge on any atom is 0.416 e. The molecule has 2 heterocycles. The van der Waals surface area contributed by atoms with Gasteiger partial charge in [0, 0.05) is 26.2 Å². The average molecular weight is 512 g/mol. The molecule has 0 atom stereocenters. The van der Waals surface area contributed by atoms with Gasteiger partial charge in [-0.25, -0.2) is 9.79 Å². The summed E-state index contributed by atoms with van der Waals surface area (Å²) >= 11 is 0. The molecule has 1 saturated heterocycles. The molecule has 2 aliphatic rings. The predicted molar refractivity (Wildman–Crippen MR) is 130 cm³/mol. The molecule has 1 amide bonds. The van der Waals surface area contributed by atoms with Crippen LogP contribution in [0.2, 0.25) is 0 Å². The zero-order valence-corrected chi connectivity index (χ0v) is 20.0. The van der Waals surface area contributed by atoms with Crippen LogP contribution in [-0.2, 0) is 17.5 Å². The number of carbonyl (C=O) groups is 1. The third-order valence-electron chi connectivity index (χ3n) is 6.20. The lowest BCUT2D eigenvalue weighted by molar-refractivity contribution is -0.137. The summed E-state index contributed by atoms with van der Waals surface area (Å²) in [6.45, 7) is 1.72. The second-order valence-corrected chi connectivity index (χ2v) is 8.59. The fourth-order valence-corrected chi connectivity index (χ4v) is 4.21. The van der Waals surface area contributed by atoms with E-state index in [9.17, 15) is 18.0 Å². The molecule has 0 unspecified atom stereocenters. The lowest BCUT2D eigenvalue weighted by Crippen LogP contribution is -2.50. The molecular formula is C27H24F3N3O4. The van der Waals surface area contributed by atoms with Crippen LogP contribution in [0, 0.1) is 0 Å². The van der Waals surface area contributed by atoms with Crippen molar-refractivity contribution in [2.75, 3.05) is 33.3 Å². The smallest absolute Gasteiger partial charge is 0.416 e. The maximum atomic E-state index is 13.4. The van der Waals surface area contributed by atoms with Crippen LogP contribution in [0.1, 0.15) is 16.7 Å². The largest absolute Gasteiger partial charge is 0.497 e. The van der Waals surface area contributed by atoms with Crippen molar-refractivity contribution < 1.29 is 32.2 Å². The number of methoxy groups -OCH3 is 1. The molecule has 5 rings (SSSR count). The Kier molecular flexibility index (Phi) is 6.64. The van der Waals surface area contributed by atoms with Crippen LogP contribution in [-0.4, -0.2) is 55.0 Å². The number of halogens is 3. The van der Waals surface area contributed by atoms with Gasteiger partial charge in [0.2, 0.25) is 0 Å². The van der Waals surface area contributed by atoms with Crippen molar-refractivity contribution >= 4 is 17.6 Å². The van der Waals surface area contributed by atoms with E-state index in [-0.39, 0.29) is 18.0 Å². The molecule has 0 bridgehead atoms. The van der Waals surface area contributed by atoms with Crippen LogP contribution >= 0.6 is 0 Å². The highest BCUT2D eigenvalue weighted by molar-refractivity contribution is 6.04. The number of nitrogens with zero attached hydrogens (tertiary/aromatic N) is 3. The normalized spacial score (nSPS) is 15.1. The van der Waals surface area contributed by atoms with Crippen LogP contribution < -0.4 is 9.47 Å². The zero-order valence-electron chi connectivity index (χ0n) is 20.0. The third kappa shape index (κ3) is 5.32. The van der Waals surface area contributed by atoms with Crippen molar-refractivity contribution in [1.82, 2.24) is 9.80 Å². The van der Waals surface area contributed by atoms with E-state index in [0.29, 0.717) is 49.1 Å². The van der Waals surface area contributed by atoms with Gasteiger partial charge in [-0.3, -0.25) is 0 Å². The van der Waals surface area contributed by atoms with Gasteiger partial charge in [0.15, 0.2) is 5.75 Å². The number of fused-ring (bicyclic) bond motifs is 2. The number of hydrogen-bond acceptors (Lipinski definition) is 6. The predicted octanol–water partition coefficient (Wildman–Crippen LogP) is 5.85. The molecule has 0 saturated carbocycles. The Balaban J connectivity index is 1.39. The van der Waals surface area contributed by atoms with Crippen LogP contribution in [0.3, 0.4) is 0 Å². The first-order valence-corrected chi connectivity index (χ1v) is 11.7. The minimum atomic E-state index is -4.52. The number of aliphatic imine (C=N–C) groups is 1. The van der Waals surface area contributed by atoms with Crippen molar-refractivity contribution in [3.63, 3.8) is 0 Å². The summed E-state index contributed by atoms with van der Waals surface area (Å²) in [6.07, 6.45) is -4.93. The van der Waals surface area contributed by atoms with Gasteiger partial charge in [0.25, 0.3) is 0 Å². The van der Waals surface area contributed by atoms with Gasteiger partial charge in [-0.05, 0) is 42.0 Å². The number of rotatable bonds is 3. The van der Waals surface area contributed by atoms with E-state index in [0.717, 1.165) is 17.7 Å². The second-order valence-electron chi connectivity index (χ2n) is 8.59. The highest BCUT2D eigenvalue weighted by atomic mass is 19.4. The third-order valence-corrected chi connectivity index (χ3v) is 6.20. The number of ether oxygens (including phenoxy) is 3. The van der Waals surface area contributed by atoms with Crippen molar-refractivity contribution in [2.45, 2.75) is 12.8 Å². The molecule has 3 aromatic carbocycles. The highest BCUT2D eigenvalue weighted by Crippen LogP contribution is 2.42. The van der Waals surface area contributed by atoms with E-state index in [1.54, 1.807) is 23.1 Å². The highest BCUT2D eigenvalue weighted by Gasteiger charge is 2.33. The molecular weight excluding hydrogens is 487 g/mol. The monoisotopic (exact) mass is 511 g/mol. The molecule has 192 valence electrons. The van der Waals surface area contributed by atoms with Gasteiger partial charge in [-0.15, -0.1) is 0 Å². The van der Waals surface area contributed by atoms with Crippen LogP contribution in [0.5, 0.6) is 17.2 Å². The number of amidine groups is 1. The minimum Gasteiger partial charge on any atom is -0.497 e. The van der Waals surface area contributed by atoms with E-state index in [1.807, 2.05) is 35.2 Å². The van der Waals surface area contributed by atoms with E-state index < -0.39 is 17.8 Å². The number of hydrogen-bond donors (Lipinski definition) is 0. The molecule has 10 heteroatoms. The van der Waals surface area contributed by atoms with Crippen molar-refractivity contribution in [3.8, 4) is 17.2 Å². The summed E-state index contributed by atoms with van der Waals surface area (Å²) in [7, 11) is 1.53. The standard InChI is InChI=1S/C27H24F3N3O4/c1-35-20-8-10-23-21(16-20)25(31-22-15-19(27(28,29)30)7-9-24(22)37-23)32-11-13-33(14-12-32)26(34)36-17-18-5-3-2-4-6-18/h2-10,15-16H,11-14,17H2,1H3. The quantitative estimate of drug-likeness (QED) is 0.441. The van der Waals surface area contributed by atoms with Crippen molar-refractivity contribution in [2.24, 2.45) is 4.99 Å². The summed E-state index contributed by atoms with van der Waals surface area (Å²) in [4.78, 5) is 20.8. The molecule has 37 heavy (non-hydrogen) atoms. The lowest BCUT2D eigenvalue weighted by atomic mass is 10.1. The Morgan fingerprint density at radius 2 is 1.70 bits per heavy atom. The van der Waals surface area contributed by atoms with E-state index in [4.69, 9.17) is 14.2 Å². The SMILES string of the molecule is COc1ccc2c(c1)C(N1CCN(C(=O)OCc3ccccc3)CC1)=Nc1cc(C(F)(F)F)ccc1O2. The fraction of sp³-hybridized carbons (Fsp3) is 0.259. The van der Waals surface area contributed by atoms with Gasteiger partial charge in [0.1, 0.15) is 29.6 Å². The van der Waals surface area contributed by atoms with Crippen LogP contribution in [0.15, 0.2) is 71.7 Å². The van der Waals surface area contributed by atoms with Crippen LogP contribution in [0.25, 0.3) is 0 Å². The van der Waals surface area contributed by atoms with Gasteiger partial charge in [-0.2, -0.15) is 13.2 Å². The van der Waals surface area contributed by atoms with Gasteiger partial charge < -0.3 is 24.0 Å². The topological polar surface area (TPSA) is 63.6 Å². The van der Waals surface area contributed by atoms with Crippen LogP contribution in [0.4, 0.5) is 23.7 Å². The number of carbonyl (C=O) groups excluding carboxylic acids is 1. The van der Waals surface area contributed by atoms with Crippen molar-refractivity contribution in [1.29, 1.82) is 0 Å². The van der Waals surface area contributed by atoms with Gasteiger partial charge in [0.05, 0.1) is 18.2 Å². The molecule has 7 nitrogen and oxygen atoms in total. The Bertz CT molecular complexity index is 1320. The minimum absolute atomic E-state index is 0.0738.